The molecule has 0 fully saturated rings. The molecule has 2 rings (SSSR count). The van der Waals surface area contributed by atoms with Crippen LogP contribution in [0.15, 0.2) is 42.5 Å². The van der Waals surface area contributed by atoms with E-state index in [0.29, 0.717) is 38.5 Å². The monoisotopic (exact) mass is 704 g/mol. The van der Waals surface area contributed by atoms with E-state index in [1.54, 1.807) is 18.2 Å². The van der Waals surface area contributed by atoms with Crippen molar-refractivity contribution in [3.05, 3.63) is 48.0 Å². The summed E-state index contributed by atoms with van der Waals surface area (Å²) in [6, 6.07) is 10.2. The molecule has 45 heavy (non-hydrogen) atoms. The van der Waals surface area contributed by atoms with Gasteiger partial charge in [0.1, 0.15) is 0 Å². The topological polar surface area (TPSA) is 9.23 Å². The van der Waals surface area contributed by atoms with Crippen molar-refractivity contribution in [3.63, 3.8) is 0 Å². The van der Waals surface area contributed by atoms with Crippen LogP contribution in [0.2, 0.25) is 11.1 Å². The van der Waals surface area contributed by atoms with Crippen LogP contribution in [-0.2, 0) is 4.43 Å². The van der Waals surface area contributed by atoms with Gasteiger partial charge in [-0.1, -0.05) is 64.1 Å². The number of rotatable bonds is 12. The van der Waals surface area contributed by atoms with Crippen LogP contribution in [-0.4, -0.2) is 55.6 Å². The molecule has 19 heteroatoms. The molecule has 0 saturated heterocycles. The predicted octanol–water partition coefficient (Wildman–Crippen LogP) is 11.2. The molecule has 0 spiro atoms. The third-order valence-corrected chi connectivity index (χ3v) is 13.0. The molecule has 0 aliphatic carbocycles. The molecular formula is C26H25F17OSi. The van der Waals surface area contributed by atoms with Gasteiger partial charge in [-0.2, -0.15) is 65.9 Å². The van der Waals surface area contributed by atoms with Gasteiger partial charge in [-0.05, 0) is 40.4 Å². The van der Waals surface area contributed by atoms with Crippen LogP contribution < -0.4 is 0 Å². The van der Waals surface area contributed by atoms with Crippen molar-refractivity contribution < 1.29 is 79.1 Å². The maximum Gasteiger partial charge on any atom is 0.460 e. The Morgan fingerprint density at radius 2 is 0.867 bits per heavy atom. The van der Waals surface area contributed by atoms with Crippen LogP contribution in [0.4, 0.5) is 74.6 Å². The van der Waals surface area contributed by atoms with Crippen LogP contribution in [0, 0.1) is 0 Å². The van der Waals surface area contributed by atoms with Crippen molar-refractivity contribution in [1.29, 1.82) is 0 Å². The molecule has 2 aromatic carbocycles. The molecule has 0 aliphatic rings. The highest BCUT2D eigenvalue weighted by molar-refractivity contribution is 6.79. The highest BCUT2D eigenvalue weighted by Crippen LogP contribution is 2.66. The van der Waals surface area contributed by atoms with E-state index < -0.39 is 72.8 Å². The van der Waals surface area contributed by atoms with Crippen LogP contribution in [0.5, 0.6) is 0 Å². The summed E-state index contributed by atoms with van der Waals surface area (Å²) in [6.07, 6.45) is -9.51. The summed E-state index contributed by atoms with van der Waals surface area (Å²) in [6.45, 7) is 3.84. The summed E-state index contributed by atoms with van der Waals surface area (Å²) >= 11 is 0. The second-order valence-corrected chi connectivity index (χ2v) is 15.7. The Hall–Kier alpha value is -2.31. The van der Waals surface area contributed by atoms with E-state index in [1.165, 1.54) is 24.3 Å². The molecule has 1 nitrogen and oxygen atoms in total. The number of hydrogen-bond donors (Lipinski definition) is 0. The highest BCUT2D eigenvalue weighted by Gasteiger charge is 2.96. The average Bonchev–Trinajstić information content (AvgIpc) is 2.89. The third kappa shape index (κ3) is 5.36. The van der Waals surface area contributed by atoms with Crippen LogP contribution in [0.3, 0.4) is 0 Å². The minimum Gasteiger partial charge on any atom is -0.403 e. The zero-order chi connectivity index (χ0) is 35.6. The molecule has 0 radical (unpaired) electrons. The SMILES string of the molecule is CC(O[Si](C(C)C)(C(C)C)C(F)(F)C(F)(F)C(F)(F)C(F)(F)C(F)(F)C(F)(F)C(F)(F)C(F)(F)F)c1ccc2ccccc2c1. The molecule has 0 saturated carbocycles. The van der Waals surface area contributed by atoms with Crippen molar-refractivity contribution in [2.75, 3.05) is 0 Å². The summed E-state index contributed by atoms with van der Waals surface area (Å²) in [7, 11) is -6.14. The van der Waals surface area contributed by atoms with Gasteiger partial charge >= 0.3 is 47.3 Å². The third-order valence-electron chi connectivity index (χ3n) is 7.54. The molecule has 1 atom stereocenters. The average molecular weight is 705 g/mol. The van der Waals surface area contributed by atoms with Crippen LogP contribution >= 0.6 is 0 Å². The van der Waals surface area contributed by atoms with Gasteiger partial charge in [-0.3, -0.25) is 0 Å². The maximum atomic E-state index is 15.9. The highest BCUT2D eigenvalue weighted by atomic mass is 28.4. The molecular weight excluding hydrogens is 679 g/mol. The quantitative estimate of drug-likeness (QED) is 0.158. The van der Waals surface area contributed by atoms with Crippen molar-refractivity contribution in [3.8, 4) is 0 Å². The van der Waals surface area contributed by atoms with Gasteiger partial charge in [0.15, 0.2) is 0 Å². The van der Waals surface area contributed by atoms with Crippen molar-refractivity contribution in [2.24, 2.45) is 0 Å². The number of hydrogen-bond acceptors (Lipinski definition) is 1. The Morgan fingerprint density at radius 3 is 1.27 bits per heavy atom. The van der Waals surface area contributed by atoms with Gasteiger partial charge in [0.25, 0.3) is 8.32 Å². The Bertz CT molecular complexity index is 1340. The normalized spacial score (nSPS) is 16.2. The molecule has 258 valence electrons. The summed E-state index contributed by atoms with van der Waals surface area (Å²) in [5.41, 5.74) is -10.5. The van der Waals surface area contributed by atoms with Gasteiger partial charge in [0.05, 0.1) is 6.10 Å². The van der Waals surface area contributed by atoms with Crippen LogP contribution in [0.1, 0.15) is 46.3 Å². The summed E-state index contributed by atoms with van der Waals surface area (Å²) in [5, 5.41) is 1.02. The lowest BCUT2D eigenvalue weighted by Crippen LogP contribution is -2.78. The van der Waals surface area contributed by atoms with Gasteiger partial charge < -0.3 is 4.43 Å². The van der Waals surface area contributed by atoms with E-state index in [9.17, 15) is 57.1 Å². The van der Waals surface area contributed by atoms with Gasteiger partial charge in [0, 0.05) is 0 Å². The van der Waals surface area contributed by atoms with Crippen molar-refractivity contribution in [2.45, 2.75) is 99.1 Å². The zero-order valence-electron chi connectivity index (χ0n) is 23.6. The summed E-state index contributed by atoms with van der Waals surface area (Å²) < 4.78 is 245. The van der Waals surface area contributed by atoms with Gasteiger partial charge in [-0.15, -0.1) is 0 Å². The largest absolute Gasteiger partial charge is 0.460 e. The van der Waals surface area contributed by atoms with E-state index >= 15 is 17.6 Å². The van der Waals surface area contributed by atoms with E-state index in [2.05, 4.69) is 0 Å². The number of fused-ring (bicyclic) bond motifs is 1. The maximum absolute atomic E-state index is 15.9. The standard InChI is InChI=1S/C26H25F17OSi/c1-13(2)45(14(3)4,44-15(5)17-11-10-16-8-6-7-9-18(16)12-17)26(42,43)24(37,38)22(33,34)20(29,30)19(27,28)21(31,32)23(35,36)25(39,40)41/h6-15H,1-5H3. The number of benzene rings is 2. The predicted molar refractivity (Wildman–Crippen MR) is 130 cm³/mol. The minimum absolute atomic E-state index is 0.0383. The Morgan fingerprint density at radius 1 is 0.489 bits per heavy atom. The summed E-state index contributed by atoms with van der Waals surface area (Å²) in [4.78, 5) is 0. The molecule has 0 amide bonds. The lowest BCUT2D eigenvalue weighted by Gasteiger charge is -2.50. The fourth-order valence-corrected chi connectivity index (χ4v) is 9.81. The fraction of sp³-hybridized carbons (Fsp3) is 0.615. The lowest BCUT2D eigenvalue weighted by molar-refractivity contribution is -0.459. The molecule has 0 heterocycles. The zero-order valence-corrected chi connectivity index (χ0v) is 24.6. The van der Waals surface area contributed by atoms with E-state index in [4.69, 9.17) is 4.43 Å². The fourth-order valence-electron chi connectivity index (χ4n) is 4.97. The van der Waals surface area contributed by atoms with Crippen molar-refractivity contribution >= 4 is 19.1 Å². The molecule has 1 unspecified atom stereocenters. The minimum atomic E-state index is -8.68. The van der Waals surface area contributed by atoms with Crippen molar-refractivity contribution in [1.82, 2.24) is 0 Å². The van der Waals surface area contributed by atoms with E-state index in [0.717, 1.165) is 6.92 Å². The second-order valence-electron chi connectivity index (χ2n) is 11.0. The van der Waals surface area contributed by atoms with E-state index in [1.807, 2.05) is 0 Å². The summed E-state index contributed by atoms with van der Waals surface area (Å²) in [5.74, 6) is -50.3. The molecule has 2 aromatic rings. The lowest BCUT2D eigenvalue weighted by atomic mass is 9.91. The number of alkyl halides is 17. The van der Waals surface area contributed by atoms with E-state index in [-0.39, 0.29) is 5.56 Å². The van der Waals surface area contributed by atoms with Gasteiger partial charge in [-0.25, -0.2) is 8.78 Å². The molecule has 0 N–H and O–H groups in total. The number of halogens is 17. The van der Waals surface area contributed by atoms with Gasteiger partial charge in [0.2, 0.25) is 0 Å². The second kappa shape index (κ2) is 11.4. The molecule has 0 aliphatic heterocycles. The first-order valence-corrected chi connectivity index (χ1v) is 14.8. The first-order valence-electron chi connectivity index (χ1n) is 12.7. The Kier molecular flexibility index (Phi) is 9.88. The molecule has 0 bridgehead atoms. The smallest absolute Gasteiger partial charge is 0.403 e. The van der Waals surface area contributed by atoms with Crippen LogP contribution in [0.25, 0.3) is 10.8 Å². The Labute approximate surface area is 245 Å². The first-order chi connectivity index (χ1) is 19.8. The molecule has 0 aromatic heterocycles. The first kappa shape index (κ1) is 38.9. The Balaban J connectivity index is 2.77.